The molecule has 1 aromatic carbocycles. The van der Waals surface area contributed by atoms with Crippen LogP contribution < -0.4 is 15.5 Å². The van der Waals surface area contributed by atoms with Crippen molar-refractivity contribution in [1.82, 2.24) is 20.8 Å². The second-order valence-corrected chi connectivity index (χ2v) is 8.49. The van der Waals surface area contributed by atoms with Gasteiger partial charge in [0.05, 0.1) is 5.00 Å². The monoisotopic (exact) mass is 444 g/mol. The molecule has 1 aliphatic heterocycles. The van der Waals surface area contributed by atoms with Crippen LogP contribution in [-0.2, 0) is 6.42 Å². The minimum absolute atomic E-state index is 0.422. The molecule has 2 aromatic heterocycles. The van der Waals surface area contributed by atoms with Crippen molar-refractivity contribution < 1.29 is 4.52 Å². The Hall–Kier alpha value is -2.58. The third kappa shape index (κ3) is 5.31. The highest BCUT2D eigenvalue weighted by atomic mass is 35.5. The van der Waals surface area contributed by atoms with E-state index in [0.29, 0.717) is 35.7 Å². The van der Waals surface area contributed by atoms with E-state index in [1.54, 1.807) is 18.4 Å². The summed E-state index contributed by atoms with van der Waals surface area (Å²) in [6.45, 7) is 2.78. The van der Waals surface area contributed by atoms with Crippen LogP contribution in [0.2, 0.25) is 5.02 Å². The quantitative estimate of drug-likeness (QED) is 0.444. The molecule has 2 N–H and O–H groups in total. The molecule has 1 aliphatic rings. The van der Waals surface area contributed by atoms with E-state index in [9.17, 15) is 0 Å². The fraction of sp³-hybridized carbons (Fsp3) is 0.381. The van der Waals surface area contributed by atoms with E-state index in [1.165, 1.54) is 5.00 Å². The van der Waals surface area contributed by atoms with E-state index in [-0.39, 0.29) is 0 Å². The first-order valence-electron chi connectivity index (χ1n) is 10.1. The summed E-state index contributed by atoms with van der Waals surface area (Å²) in [5.41, 5.74) is 0.844. The fourth-order valence-electron chi connectivity index (χ4n) is 3.47. The molecule has 0 saturated carbocycles. The lowest BCUT2D eigenvalue weighted by atomic mass is 10.1. The summed E-state index contributed by atoms with van der Waals surface area (Å²) in [6, 6.07) is 12.1. The van der Waals surface area contributed by atoms with E-state index in [1.807, 2.05) is 24.3 Å². The van der Waals surface area contributed by atoms with Crippen molar-refractivity contribution in [2.75, 3.05) is 31.6 Å². The molecule has 158 valence electrons. The molecule has 0 atom stereocenters. The number of hydrogen-bond acceptors (Lipinski definition) is 6. The molecule has 3 heterocycles. The number of piperidine rings is 1. The number of thiophene rings is 1. The SMILES string of the molecule is CN=C(NCCc1nc(-c2cccc(Cl)c2)no1)NC1CCN(c2cccs2)CC1. The lowest BCUT2D eigenvalue weighted by molar-refractivity contribution is 0.378. The Kier molecular flexibility index (Phi) is 6.86. The van der Waals surface area contributed by atoms with E-state index in [0.717, 1.165) is 37.5 Å². The first kappa shape index (κ1) is 20.7. The van der Waals surface area contributed by atoms with Crippen LogP contribution >= 0.6 is 22.9 Å². The average Bonchev–Trinajstić information content (AvgIpc) is 3.46. The zero-order valence-electron chi connectivity index (χ0n) is 16.8. The fourth-order valence-corrected chi connectivity index (χ4v) is 4.45. The van der Waals surface area contributed by atoms with Gasteiger partial charge in [0.25, 0.3) is 0 Å². The highest BCUT2D eigenvalue weighted by Crippen LogP contribution is 2.24. The zero-order valence-corrected chi connectivity index (χ0v) is 18.4. The van der Waals surface area contributed by atoms with Gasteiger partial charge in [-0.15, -0.1) is 11.3 Å². The number of hydrogen-bond donors (Lipinski definition) is 2. The lowest BCUT2D eigenvalue weighted by Gasteiger charge is -2.33. The molecule has 3 aromatic rings. The first-order chi connectivity index (χ1) is 14.7. The number of halogens is 1. The van der Waals surface area contributed by atoms with Gasteiger partial charge in [-0.3, -0.25) is 4.99 Å². The van der Waals surface area contributed by atoms with Crippen molar-refractivity contribution in [2.24, 2.45) is 4.99 Å². The summed E-state index contributed by atoms with van der Waals surface area (Å²) in [6.07, 6.45) is 2.79. The third-order valence-corrected chi connectivity index (χ3v) is 6.22. The number of nitrogens with one attached hydrogen (secondary N) is 2. The standard InChI is InChI=1S/C21H25ClN6OS/c1-23-21(25-17-8-11-28(12-9-17)19-6-3-13-30-19)24-10-7-18-26-20(27-29-18)15-4-2-5-16(22)14-15/h2-6,13-14,17H,7-12H2,1H3,(H2,23,24,25). The molecule has 9 heteroatoms. The van der Waals surface area contributed by atoms with Crippen molar-refractivity contribution in [3.8, 4) is 11.4 Å². The van der Waals surface area contributed by atoms with Gasteiger partial charge >= 0.3 is 0 Å². The van der Waals surface area contributed by atoms with Gasteiger partial charge in [-0.05, 0) is 42.5 Å². The molecular weight excluding hydrogens is 420 g/mol. The van der Waals surface area contributed by atoms with Crippen LogP contribution in [0.3, 0.4) is 0 Å². The Morgan fingerprint density at radius 3 is 2.90 bits per heavy atom. The molecule has 0 unspecified atom stereocenters. The molecule has 1 saturated heterocycles. The van der Waals surface area contributed by atoms with Crippen molar-refractivity contribution in [1.29, 1.82) is 0 Å². The largest absolute Gasteiger partial charge is 0.363 e. The predicted molar refractivity (Wildman–Crippen MR) is 122 cm³/mol. The predicted octanol–water partition coefficient (Wildman–Crippen LogP) is 3.83. The Labute approximate surface area is 185 Å². The van der Waals surface area contributed by atoms with Crippen molar-refractivity contribution in [3.05, 3.63) is 52.7 Å². The average molecular weight is 445 g/mol. The van der Waals surface area contributed by atoms with E-state index in [4.69, 9.17) is 16.1 Å². The Bertz CT molecular complexity index is 966. The molecule has 0 bridgehead atoms. The summed E-state index contributed by atoms with van der Waals surface area (Å²) in [4.78, 5) is 11.2. The smallest absolute Gasteiger partial charge is 0.228 e. The van der Waals surface area contributed by atoms with Crippen LogP contribution in [0.1, 0.15) is 18.7 Å². The minimum atomic E-state index is 0.422. The second kappa shape index (κ2) is 9.95. The number of rotatable bonds is 6. The Balaban J connectivity index is 1.22. The Morgan fingerprint density at radius 1 is 1.30 bits per heavy atom. The second-order valence-electron chi connectivity index (χ2n) is 7.13. The van der Waals surface area contributed by atoms with Gasteiger partial charge in [-0.2, -0.15) is 4.98 Å². The highest BCUT2D eigenvalue weighted by molar-refractivity contribution is 7.14. The maximum Gasteiger partial charge on any atom is 0.228 e. The number of aliphatic imine (C=N–C) groups is 1. The van der Waals surface area contributed by atoms with Gasteiger partial charge in [0.15, 0.2) is 5.96 Å². The van der Waals surface area contributed by atoms with Gasteiger partial charge in [0.1, 0.15) is 0 Å². The van der Waals surface area contributed by atoms with Crippen LogP contribution in [0.4, 0.5) is 5.00 Å². The number of guanidine groups is 1. The number of benzene rings is 1. The zero-order chi connectivity index (χ0) is 20.8. The van der Waals surface area contributed by atoms with Crippen LogP contribution in [0.15, 0.2) is 51.3 Å². The Morgan fingerprint density at radius 2 is 2.17 bits per heavy atom. The molecular formula is C21H25ClN6OS. The summed E-state index contributed by atoms with van der Waals surface area (Å²) < 4.78 is 5.36. The summed E-state index contributed by atoms with van der Waals surface area (Å²) in [5.74, 6) is 1.93. The van der Waals surface area contributed by atoms with Gasteiger partial charge in [-0.25, -0.2) is 0 Å². The molecule has 4 rings (SSSR count). The van der Waals surface area contributed by atoms with Gasteiger partial charge in [-0.1, -0.05) is 28.9 Å². The number of anilines is 1. The maximum atomic E-state index is 6.03. The highest BCUT2D eigenvalue weighted by Gasteiger charge is 2.20. The molecule has 1 fully saturated rings. The van der Waals surface area contributed by atoms with Gasteiger partial charge in [0, 0.05) is 49.7 Å². The summed E-state index contributed by atoms with van der Waals surface area (Å²) >= 11 is 7.83. The first-order valence-corrected chi connectivity index (χ1v) is 11.3. The van der Waals surface area contributed by atoms with Crippen LogP contribution in [-0.4, -0.2) is 48.8 Å². The molecule has 0 amide bonds. The van der Waals surface area contributed by atoms with Crippen molar-refractivity contribution >= 4 is 33.9 Å². The lowest BCUT2D eigenvalue weighted by Crippen LogP contribution is -2.49. The molecule has 0 aliphatic carbocycles. The van der Waals surface area contributed by atoms with Crippen molar-refractivity contribution in [3.63, 3.8) is 0 Å². The van der Waals surface area contributed by atoms with Gasteiger partial charge < -0.3 is 20.1 Å². The third-order valence-electron chi connectivity index (χ3n) is 5.06. The number of nitrogens with zero attached hydrogens (tertiary/aromatic N) is 4. The van der Waals surface area contributed by atoms with Crippen LogP contribution in [0.25, 0.3) is 11.4 Å². The topological polar surface area (TPSA) is 78.6 Å². The van der Waals surface area contributed by atoms with Crippen LogP contribution in [0.5, 0.6) is 0 Å². The van der Waals surface area contributed by atoms with E-state index < -0.39 is 0 Å². The number of aromatic nitrogens is 2. The molecule has 0 spiro atoms. The molecule has 0 radical (unpaired) electrons. The summed E-state index contributed by atoms with van der Waals surface area (Å²) in [5, 5.41) is 15.1. The van der Waals surface area contributed by atoms with E-state index >= 15 is 0 Å². The molecule has 7 nitrogen and oxygen atoms in total. The normalized spacial score (nSPS) is 15.4. The molecule has 30 heavy (non-hydrogen) atoms. The van der Waals surface area contributed by atoms with Crippen LogP contribution in [0, 0.1) is 0 Å². The summed E-state index contributed by atoms with van der Waals surface area (Å²) in [7, 11) is 1.79. The maximum absolute atomic E-state index is 6.03. The minimum Gasteiger partial charge on any atom is -0.363 e. The van der Waals surface area contributed by atoms with Crippen molar-refractivity contribution in [2.45, 2.75) is 25.3 Å². The van der Waals surface area contributed by atoms with Gasteiger partial charge in [0.2, 0.25) is 11.7 Å². The van der Waals surface area contributed by atoms with E-state index in [2.05, 4.69) is 48.2 Å².